The van der Waals surface area contributed by atoms with E-state index in [1.165, 1.54) is 5.56 Å². The second-order valence-corrected chi connectivity index (χ2v) is 4.91. The van der Waals surface area contributed by atoms with E-state index in [1.807, 2.05) is 36.8 Å². The first-order chi connectivity index (χ1) is 9.84. The molecule has 20 heavy (non-hydrogen) atoms. The first-order valence-electron chi connectivity index (χ1n) is 7.02. The number of aromatic nitrogens is 2. The Labute approximate surface area is 120 Å². The van der Waals surface area contributed by atoms with Crippen LogP contribution >= 0.6 is 0 Å². The summed E-state index contributed by atoms with van der Waals surface area (Å²) < 4.78 is 0. The Morgan fingerprint density at radius 1 is 1.05 bits per heavy atom. The van der Waals surface area contributed by atoms with Gasteiger partial charge in [-0.25, -0.2) is 0 Å². The summed E-state index contributed by atoms with van der Waals surface area (Å²) in [5.41, 5.74) is 2.43. The van der Waals surface area contributed by atoms with Crippen LogP contribution in [0.4, 0.5) is 0 Å². The van der Waals surface area contributed by atoms with E-state index >= 15 is 0 Å². The normalized spacial score (nSPS) is 10.9. The topological polar surface area (TPSA) is 41.0 Å². The first-order valence-corrected chi connectivity index (χ1v) is 7.02. The van der Waals surface area contributed by atoms with Gasteiger partial charge in [-0.2, -0.15) is 0 Å². The summed E-state index contributed by atoms with van der Waals surface area (Å²) in [7, 11) is 2.16. The smallest absolute Gasteiger partial charge is 0.0541 e. The molecule has 0 aliphatic carbocycles. The van der Waals surface area contributed by atoms with E-state index in [-0.39, 0.29) is 0 Å². The molecule has 2 heterocycles. The van der Waals surface area contributed by atoms with Crippen molar-refractivity contribution in [3.8, 4) is 0 Å². The minimum absolute atomic E-state index is 0.832. The lowest BCUT2D eigenvalue weighted by atomic mass is 10.2. The van der Waals surface area contributed by atoms with Crippen molar-refractivity contribution in [2.45, 2.75) is 13.0 Å². The van der Waals surface area contributed by atoms with Crippen LogP contribution in [-0.2, 0) is 13.0 Å². The number of pyridine rings is 2. The van der Waals surface area contributed by atoms with Crippen molar-refractivity contribution in [3.63, 3.8) is 0 Å². The highest BCUT2D eigenvalue weighted by molar-refractivity contribution is 5.09. The minimum atomic E-state index is 0.832. The Morgan fingerprint density at radius 2 is 1.90 bits per heavy atom. The number of nitrogens with zero attached hydrogens (tertiary/aromatic N) is 3. The van der Waals surface area contributed by atoms with Crippen molar-refractivity contribution in [3.05, 3.63) is 60.2 Å². The number of hydrogen-bond donors (Lipinski definition) is 1. The quantitative estimate of drug-likeness (QED) is 0.742. The predicted molar refractivity (Wildman–Crippen MR) is 81.4 cm³/mol. The van der Waals surface area contributed by atoms with Gasteiger partial charge in [0.25, 0.3) is 0 Å². The highest BCUT2D eigenvalue weighted by Gasteiger charge is 1.99. The molecule has 4 nitrogen and oxygen atoms in total. The summed E-state index contributed by atoms with van der Waals surface area (Å²) in [5, 5.41) is 3.42. The lowest BCUT2D eigenvalue weighted by Crippen LogP contribution is -2.30. The van der Waals surface area contributed by atoms with E-state index < -0.39 is 0 Å². The van der Waals surface area contributed by atoms with Crippen molar-refractivity contribution in [1.29, 1.82) is 0 Å². The van der Waals surface area contributed by atoms with Gasteiger partial charge in [0.15, 0.2) is 0 Å². The Morgan fingerprint density at radius 3 is 2.65 bits per heavy atom. The minimum Gasteiger partial charge on any atom is -0.310 e. The summed E-state index contributed by atoms with van der Waals surface area (Å²) in [5.74, 6) is 0. The van der Waals surface area contributed by atoms with E-state index in [1.54, 1.807) is 0 Å². The average Bonchev–Trinajstić information content (AvgIpc) is 2.52. The zero-order chi connectivity index (χ0) is 14.0. The molecule has 106 valence electrons. The third-order valence-electron chi connectivity index (χ3n) is 3.23. The Hall–Kier alpha value is -1.78. The van der Waals surface area contributed by atoms with Crippen molar-refractivity contribution in [1.82, 2.24) is 20.2 Å². The molecule has 4 heteroatoms. The molecule has 1 N–H and O–H groups in total. The number of rotatable bonds is 8. The fourth-order valence-corrected chi connectivity index (χ4v) is 1.97. The van der Waals surface area contributed by atoms with Crippen LogP contribution in [0.2, 0.25) is 0 Å². The van der Waals surface area contributed by atoms with Crippen molar-refractivity contribution < 1.29 is 0 Å². The van der Waals surface area contributed by atoms with Gasteiger partial charge in [-0.05, 0) is 43.3 Å². The van der Waals surface area contributed by atoms with Crippen LogP contribution in [0.25, 0.3) is 0 Å². The Kier molecular flexibility index (Phi) is 6.14. The van der Waals surface area contributed by atoms with Crippen LogP contribution in [0, 0.1) is 0 Å². The molecule has 0 aromatic carbocycles. The monoisotopic (exact) mass is 270 g/mol. The first kappa shape index (κ1) is 14.6. The molecule has 2 rings (SSSR count). The summed E-state index contributed by atoms with van der Waals surface area (Å²) in [4.78, 5) is 10.7. The SMILES string of the molecule is CN(CCNCc1ccccn1)CCc1ccncc1. The zero-order valence-corrected chi connectivity index (χ0v) is 12.0. The fraction of sp³-hybridized carbons (Fsp3) is 0.375. The summed E-state index contributed by atoms with van der Waals surface area (Å²) in [6.07, 6.45) is 6.60. The van der Waals surface area contributed by atoms with Crippen LogP contribution in [0.15, 0.2) is 48.9 Å². The molecule has 0 aliphatic rings. The number of likely N-dealkylation sites (N-methyl/N-ethyl adjacent to an activating group) is 1. The van der Waals surface area contributed by atoms with E-state index in [2.05, 4.69) is 39.4 Å². The molecule has 0 spiro atoms. The molecule has 0 saturated heterocycles. The molecule has 0 amide bonds. The van der Waals surface area contributed by atoms with E-state index in [0.717, 1.165) is 38.3 Å². The maximum absolute atomic E-state index is 4.29. The predicted octanol–water partition coefficient (Wildman–Crippen LogP) is 1.74. The van der Waals surface area contributed by atoms with Gasteiger partial charge in [0, 0.05) is 44.8 Å². The Bertz CT molecular complexity index is 472. The highest BCUT2D eigenvalue weighted by Crippen LogP contribution is 1.98. The maximum Gasteiger partial charge on any atom is 0.0541 e. The molecule has 0 aliphatic heterocycles. The number of hydrogen-bond acceptors (Lipinski definition) is 4. The molecule has 0 bridgehead atoms. The molecule has 2 aromatic heterocycles. The van der Waals surface area contributed by atoms with Gasteiger partial charge >= 0.3 is 0 Å². The van der Waals surface area contributed by atoms with Crippen LogP contribution < -0.4 is 5.32 Å². The van der Waals surface area contributed by atoms with Gasteiger partial charge in [-0.1, -0.05) is 6.07 Å². The van der Waals surface area contributed by atoms with Gasteiger partial charge < -0.3 is 10.2 Å². The van der Waals surface area contributed by atoms with E-state index in [9.17, 15) is 0 Å². The third-order valence-corrected chi connectivity index (χ3v) is 3.23. The molecular weight excluding hydrogens is 248 g/mol. The highest BCUT2D eigenvalue weighted by atomic mass is 15.1. The van der Waals surface area contributed by atoms with Gasteiger partial charge in [0.05, 0.1) is 5.69 Å². The molecule has 0 saturated carbocycles. The second-order valence-electron chi connectivity index (χ2n) is 4.91. The summed E-state index contributed by atoms with van der Waals surface area (Å²) in [6, 6.07) is 10.2. The maximum atomic E-state index is 4.29. The van der Waals surface area contributed by atoms with Crippen molar-refractivity contribution in [2.24, 2.45) is 0 Å². The number of nitrogens with one attached hydrogen (secondary N) is 1. The lowest BCUT2D eigenvalue weighted by Gasteiger charge is -2.16. The zero-order valence-electron chi connectivity index (χ0n) is 12.0. The lowest BCUT2D eigenvalue weighted by molar-refractivity contribution is 0.335. The third kappa shape index (κ3) is 5.47. The molecule has 2 aromatic rings. The molecule has 0 fully saturated rings. The van der Waals surface area contributed by atoms with Gasteiger partial charge in [0.1, 0.15) is 0 Å². The van der Waals surface area contributed by atoms with Crippen LogP contribution in [-0.4, -0.2) is 41.5 Å². The fourth-order valence-electron chi connectivity index (χ4n) is 1.97. The van der Waals surface area contributed by atoms with Crippen LogP contribution in [0.1, 0.15) is 11.3 Å². The molecule has 0 atom stereocenters. The van der Waals surface area contributed by atoms with E-state index in [0.29, 0.717) is 0 Å². The Balaban J connectivity index is 1.57. The summed E-state index contributed by atoms with van der Waals surface area (Å²) in [6.45, 7) is 3.91. The van der Waals surface area contributed by atoms with Crippen LogP contribution in [0.5, 0.6) is 0 Å². The van der Waals surface area contributed by atoms with Gasteiger partial charge in [-0.15, -0.1) is 0 Å². The standard InChI is InChI=1S/C16H22N4/c1-20(12-7-15-5-9-17-10-6-15)13-11-18-14-16-4-2-3-8-19-16/h2-6,8-10,18H,7,11-14H2,1H3. The van der Waals surface area contributed by atoms with Crippen molar-refractivity contribution >= 4 is 0 Å². The average molecular weight is 270 g/mol. The van der Waals surface area contributed by atoms with Gasteiger partial charge in [0.2, 0.25) is 0 Å². The molecule has 0 unspecified atom stereocenters. The summed E-state index contributed by atoms with van der Waals surface area (Å²) >= 11 is 0. The largest absolute Gasteiger partial charge is 0.310 e. The van der Waals surface area contributed by atoms with Gasteiger partial charge in [-0.3, -0.25) is 9.97 Å². The molecular formula is C16H22N4. The van der Waals surface area contributed by atoms with E-state index in [4.69, 9.17) is 0 Å². The van der Waals surface area contributed by atoms with Crippen LogP contribution in [0.3, 0.4) is 0 Å². The molecule has 0 radical (unpaired) electrons. The second kappa shape index (κ2) is 8.40. The van der Waals surface area contributed by atoms with Crippen molar-refractivity contribution in [2.75, 3.05) is 26.7 Å².